The molecule has 7 heteroatoms. The highest BCUT2D eigenvalue weighted by Gasteiger charge is 2.34. The lowest BCUT2D eigenvalue weighted by atomic mass is 9.99. The SMILES string of the molecule is COC(=O)[C@@H](Cc1ccccc1C(F)(F)F)NC(C)=O. The number of methoxy groups -OCH3 is 1. The van der Waals surface area contributed by atoms with Crippen LogP contribution in [0.15, 0.2) is 24.3 Å². The number of carbonyl (C=O) groups excluding carboxylic acids is 2. The Morgan fingerprint density at radius 2 is 1.90 bits per heavy atom. The van der Waals surface area contributed by atoms with Gasteiger partial charge < -0.3 is 10.1 Å². The molecule has 0 fully saturated rings. The molecule has 0 heterocycles. The number of hydrogen-bond donors (Lipinski definition) is 1. The molecule has 0 bridgehead atoms. The lowest BCUT2D eigenvalue weighted by Crippen LogP contribution is -2.42. The van der Waals surface area contributed by atoms with Crippen molar-refractivity contribution in [1.29, 1.82) is 0 Å². The van der Waals surface area contributed by atoms with E-state index in [1.165, 1.54) is 25.1 Å². The number of amides is 1. The lowest BCUT2D eigenvalue weighted by Gasteiger charge is -2.18. The predicted octanol–water partition coefficient (Wildman–Crippen LogP) is 1.93. The molecule has 110 valence electrons. The molecule has 0 spiro atoms. The summed E-state index contributed by atoms with van der Waals surface area (Å²) in [6, 6.07) is 3.74. The van der Waals surface area contributed by atoms with E-state index < -0.39 is 29.7 Å². The van der Waals surface area contributed by atoms with E-state index in [-0.39, 0.29) is 12.0 Å². The molecule has 1 amide bonds. The van der Waals surface area contributed by atoms with Crippen LogP contribution in [0.2, 0.25) is 0 Å². The number of halogens is 3. The first-order valence-electron chi connectivity index (χ1n) is 5.75. The molecule has 4 nitrogen and oxygen atoms in total. The molecule has 0 aliphatic heterocycles. The second-order valence-electron chi connectivity index (χ2n) is 4.14. The van der Waals surface area contributed by atoms with E-state index in [0.29, 0.717) is 0 Å². The standard InChI is InChI=1S/C13H14F3NO3/c1-8(18)17-11(12(19)20-2)7-9-5-3-4-6-10(9)13(14,15)16/h3-6,11H,7H2,1-2H3,(H,17,18)/t11-/m1/s1. The van der Waals surface area contributed by atoms with E-state index in [1.807, 2.05) is 0 Å². The van der Waals surface area contributed by atoms with Crippen LogP contribution in [0.3, 0.4) is 0 Å². The van der Waals surface area contributed by atoms with Gasteiger partial charge in [-0.3, -0.25) is 4.79 Å². The van der Waals surface area contributed by atoms with Gasteiger partial charge in [-0.15, -0.1) is 0 Å². The summed E-state index contributed by atoms with van der Waals surface area (Å²) >= 11 is 0. The van der Waals surface area contributed by atoms with Crippen molar-refractivity contribution < 1.29 is 27.5 Å². The van der Waals surface area contributed by atoms with Gasteiger partial charge in [-0.25, -0.2) is 4.79 Å². The molecular formula is C13H14F3NO3. The van der Waals surface area contributed by atoms with Crippen LogP contribution < -0.4 is 5.32 Å². The maximum Gasteiger partial charge on any atom is 0.416 e. The highest BCUT2D eigenvalue weighted by Crippen LogP contribution is 2.32. The third kappa shape index (κ3) is 4.25. The molecule has 0 aliphatic carbocycles. The fourth-order valence-electron chi connectivity index (χ4n) is 1.78. The van der Waals surface area contributed by atoms with E-state index in [9.17, 15) is 22.8 Å². The molecule has 0 unspecified atom stereocenters. The van der Waals surface area contributed by atoms with Gasteiger partial charge in [0.2, 0.25) is 5.91 Å². The molecule has 1 atom stereocenters. The first kappa shape index (κ1) is 16.0. The Balaban J connectivity index is 3.05. The topological polar surface area (TPSA) is 55.4 Å². The number of rotatable bonds is 4. The van der Waals surface area contributed by atoms with Gasteiger partial charge in [-0.1, -0.05) is 18.2 Å². The van der Waals surface area contributed by atoms with Crippen molar-refractivity contribution >= 4 is 11.9 Å². The summed E-state index contributed by atoms with van der Waals surface area (Å²) in [5.41, 5.74) is -0.914. The van der Waals surface area contributed by atoms with E-state index in [2.05, 4.69) is 10.1 Å². The summed E-state index contributed by atoms with van der Waals surface area (Å²) in [4.78, 5) is 22.5. The minimum absolute atomic E-state index is 0.0795. The Kier molecular flexibility index (Phi) is 5.12. The lowest BCUT2D eigenvalue weighted by molar-refractivity contribution is -0.145. The smallest absolute Gasteiger partial charge is 0.416 e. The van der Waals surface area contributed by atoms with Crippen LogP contribution in [0.4, 0.5) is 13.2 Å². The quantitative estimate of drug-likeness (QED) is 0.862. The zero-order valence-corrected chi connectivity index (χ0v) is 11.0. The summed E-state index contributed by atoms with van der Waals surface area (Å²) in [7, 11) is 1.10. The summed E-state index contributed by atoms with van der Waals surface area (Å²) in [6.45, 7) is 1.17. The van der Waals surface area contributed by atoms with Gasteiger partial charge in [0, 0.05) is 13.3 Å². The Morgan fingerprint density at radius 1 is 1.30 bits per heavy atom. The van der Waals surface area contributed by atoms with E-state index in [1.54, 1.807) is 0 Å². The number of ether oxygens (including phenoxy) is 1. The monoisotopic (exact) mass is 289 g/mol. The van der Waals surface area contributed by atoms with Crippen LogP contribution in [-0.4, -0.2) is 25.0 Å². The van der Waals surface area contributed by atoms with Crippen molar-refractivity contribution in [2.75, 3.05) is 7.11 Å². The van der Waals surface area contributed by atoms with Crippen LogP contribution in [0.25, 0.3) is 0 Å². The van der Waals surface area contributed by atoms with Gasteiger partial charge in [0.25, 0.3) is 0 Å². The minimum atomic E-state index is -4.52. The molecule has 1 N–H and O–H groups in total. The van der Waals surface area contributed by atoms with Crippen LogP contribution in [-0.2, 0) is 26.9 Å². The van der Waals surface area contributed by atoms with E-state index >= 15 is 0 Å². The minimum Gasteiger partial charge on any atom is -0.467 e. The molecular weight excluding hydrogens is 275 g/mol. The van der Waals surface area contributed by atoms with Crippen molar-refractivity contribution in [3.8, 4) is 0 Å². The average molecular weight is 289 g/mol. The summed E-state index contributed by atoms with van der Waals surface area (Å²) in [5.74, 6) is -1.32. The molecule has 0 saturated heterocycles. The zero-order valence-electron chi connectivity index (χ0n) is 11.0. The van der Waals surface area contributed by atoms with E-state index in [0.717, 1.165) is 13.2 Å². The third-order valence-electron chi connectivity index (χ3n) is 2.61. The molecule has 0 radical (unpaired) electrons. The average Bonchev–Trinajstić information content (AvgIpc) is 2.36. The van der Waals surface area contributed by atoms with Crippen molar-refractivity contribution in [3.05, 3.63) is 35.4 Å². The van der Waals surface area contributed by atoms with Crippen LogP contribution >= 0.6 is 0 Å². The maximum absolute atomic E-state index is 12.8. The highest BCUT2D eigenvalue weighted by atomic mass is 19.4. The summed E-state index contributed by atoms with van der Waals surface area (Å²) < 4.78 is 43.0. The number of hydrogen-bond acceptors (Lipinski definition) is 3. The maximum atomic E-state index is 12.8. The van der Waals surface area contributed by atoms with Gasteiger partial charge in [0.15, 0.2) is 0 Å². The van der Waals surface area contributed by atoms with Crippen molar-refractivity contribution in [2.45, 2.75) is 25.6 Å². The largest absolute Gasteiger partial charge is 0.467 e. The first-order chi connectivity index (χ1) is 9.25. The van der Waals surface area contributed by atoms with Gasteiger partial charge in [0.05, 0.1) is 12.7 Å². The Labute approximate surface area is 113 Å². The zero-order chi connectivity index (χ0) is 15.3. The van der Waals surface area contributed by atoms with Crippen molar-refractivity contribution in [2.24, 2.45) is 0 Å². The molecule has 0 aliphatic rings. The number of esters is 1. The van der Waals surface area contributed by atoms with Crippen LogP contribution in [0, 0.1) is 0 Å². The molecule has 1 rings (SSSR count). The molecule has 1 aromatic carbocycles. The third-order valence-corrected chi connectivity index (χ3v) is 2.61. The summed E-state index contributed by atoms with van der Waals surface area (Å²) in [6.07, 6.45) is -4.81. The number of alkyl halides is 3. The van der Waals surface area contributed by atoms with Gasteiger partial charge in [-0.05, 0) is 11.6 Å². The Bertz CT molecular complexity index is 500. The predicted molar refractivity (Wildman–Crippen MR) is 64.8 cm³/mol. The molecule has 0 aromatic heterocycles. The second kappa shape index (κ2) is 6.40. The Hall–Kier alpha value is -2.05. The highest BCUT2D eigenvalue weighted by molar-refractivity contribution is 5.83. The summed E-state index contributed by atoms with van der Waals surface area (Å²) in [5, 5.41) is 2.28. The fourth-order valence-corrected chi connectivity index (χ4v) is 1.78. The normalized spacial score (nSPS) is 12.7. The first-order valence-corrected chi connectivity index (χ1v) is 5.75. The van der Waals surface area contributed by atoms with Gasteiger partial charge in [0.1, 0.15) is 6.04 Å². The van der Waals surface area contributed by atoms with Gasteiger partial charge in [-0.2, -0.15) is 13.2 Å². The fraction of sp³-hybridized carbons (Fsp3) is 0.385. The van der Waals surface area contributed by atoms with E-state index in [4.69, 9.17) is 0 Å². The molecule has 1 aromatic rings. The molecule has 20 heavy (non-hydrogen) atoms. The van der Waals surface area contributed by atoms with Gasteiger partial charge >= 0.3 is 12.1 Å². The Morgan fingerprint density at radius 3 is 2.40 bits per heavy atom. The number of carbonyl (C=O) groups is 2. The molecule has 0 saturated carbocycles. The second-order valence-corrected chi connectivity index (χ2v) is 4.14. The van der Waals surface area contributed by atoms with Crippen LogP contribution in [0.1, 0.15) is 18.1 Å². The number of benzene rings is 1. The van der Waals surface area contributed by atoms with Crippen molar-refractivity contribution in [1.82, 2.24) is 5.32 Å². The van der Waals surface area contributed by atoms with Crippen LogP contribution in [0.5, 0.6) is 0 Å². The van der Waals surface area contributed by atoms with Crippen molar-refractivity contribution in [3.63, 3.8) is 0 Å². The number of nitrogens with one attached hydrogen (secondary N) is 1.